The molecule has 0 aromatic heterocycles. The Morgan fingerprint density at radius 1 is 1.32 bits per heavy atom. The first-order chi connectivity index (χ1) is 9.10. The van der Waals surface area contributed by atoms with Crippen LogP contribution in [0.25, 0.3) is 0 Å². The molecule has 4 nitrogen and oxygen atoms in total. The molecule has 1 atom stereocenters. The number of aryl methyl sites for hydroxylation is 1. The number of esters is 1. The third-order valence-corrected chi connectivity index (χ3v) is 3.66. The van der Waals surface area contributed by atoms with Crippen molar-refractivity contribution in [1.29, 1.82) is 0 Å². The van der Waals surface area contributed by atoms with Crippen molar-refractivity contribution in [3.05, 3.63) is 29.8 Å². The number of anilines is 1. The fraction of sp³-hybridized carbons (Fsp3) is 0.533. The quantitative estimate of drug-likeness (QED) is 0.776. The van der Waals surface area contributed by atoms with E-state index < -0.39 is 0 Å². The van der Waals surface area contributed by atoms with Gasteiger partial charge in [0.1, 0.15) is 0 Å². The van der Waals surface area contributed by atoms with Crippen LogP contribution in [0.5, 0.6) is 0 Å². The molecule has 1 fully saturated rings. The average molecular weight is 262 g/mol. The monoisotopic (exact) mass is 262 g/mol. The van der Waals surface area contributed by atoms with Crippen LogP contribution in [0, 0.1) is 6.92 Å². The third kappa shape index (κ3) is 3.47. The van der Waals surface area contributed by atoms with Crippen molar-refractivity contribution in [2.75, 3.05) is 38.2 Å². The zero-order valence-electron chi connectivity index (χ0n) is 11.9. The summed E-state index contributed by atoms with van der Waals surface area (Å²) in [6.45, 7) is 7.42. The molecule has 19 heavy (non-hydrogen) atoms. The van der Waals surface area contributed by atoms with Gasteiger partial charge in [0, 0.05) is 31.4 Å². The Morgan fingerprint density at radius 2 is 2.00 bits per heavy atom. The lowest BCUT2D eigenvalue weighted by atomic mass is 10.1. The van der Waals surface area contributed by atoms with E-state index in [9.17, 15) is 4.79 Å². The van der Waals surface area contributed by atoms with E-state index in [0.717, 1.165) is 19.6 Å². The summed E-state index contributed by atoms with van der Waals surface area (Å²) in [5, 5.41) is 0. The van der Waals surface area contributed by atoms with Crippen LogP contribution >= 0.6 is 0 Å². The second kappa shape index (κ2) is 6.06. The number of methoxy groups -OCH3 is 1. The zero-order valence-corrected chi connectivity index (χ0v) is 11.9. The van der Waals surface area contributed by atoms with E-state index in [4.69, 9.17) is 4.74 Å². The second-order valence-electron chi connectivity index (χ2n) is 5.19. The largest absolute Gasteiger partial charge is 0.468 e. The first kappa shape index (κ1) is 13.9. The molecule has 0 aliphatic carbocycles. The van der Waals surface area contributed by atoms with Crippen LogP contribution in [0.15, 0.2) is 24.3 Å². The molecule has 1 aliphatic rings. The lowest BCUT2D eigenvalue weighted by molar-refractivity contribution is -0.142. The van der Waals surface area contributed by atoms with Crippen LogP contribution in [0.3, 0.4) is 0 Å². The van der Waals surface area contributed by atoms with Gasteiger partial charge in [-0.05, 0) is 26.0 Å². The van der Waals surface area contributed by atoms with Gasteiger partial charge < -0.3 is 9.64 Å². The predicted molar refractivity (Wildman–Crippen MR) is 76.4 cm³/mol. The summed E-state index contributed by atoms with van der Waals surface area (Å²) in [6, 6.07) is 9.02. The first-order valence-electron chi connectivity index (χ1n) is 6.72. The molecule has 104 valence electrons. The van der Waals surface area contributed by atoms with Gasteiger partial charge in [0.15, 0.2) is 0 Å². The molecule has 0 N–H and O–H groups in total. The van der Waals surface area contributed by atoms with Gasteiger partial charge in [0.25, 0.3) is 0 Å². The standard InChI is InChI=1S/C15H22N2O2/c1-12-4-6-14(7-5-12)17-9-8-16(10-13(17)2)11-15(18)19-3/h4-7,13H,8-11H2,1-3H3. The molecule has 0 bridgehead atoms. The van der Waals surface area contributed by atoms with Crippen LogP contribution in [0.1, 0.15) is 12.5 Å². The van der Waals surface area contributed by atoms with E-state index in [0.29, 0.717) is 12.6 Å². The van der Waals surface area contributed by atoms with Gasteiger partial charge in [-0.15, -0.1) is 0 Å². The van der Waals surface area contributed by atoms with Crippen molar-refractivity contribution >= 4 is 11.7 Å². The maximum Gasteiger partial charge on any atom is 0.319 e. The summed E-state index contributed by atoms with van der Waals surface area (Å²) in [4.78, 5) is 15.8. The summed E-state index contributed by atoms with van der Waals surface area (Å²) < 4.78 is 4.72. The molecule has 0 spiro atoms. The maximum atomic E-state index is 11.3. The molecule has 1 saturated heterocycles. The van der Waals surface area contributed by atoms with E-state index in [-0.39, 0.29) is 5.97 Å². The summed E-state index contributed by atoms with van der Waals surface area (Å²) in [6.07, 6.45) is 0. The second-order valence-corrected chi connectivity index (χ2v) is 5.19. The number of piperazine rings is 1. The highest BCUT2D eigenvalue weighted by atomic mass is 16.5. The number of ether oxygens (including phenoxy) is 1. The van der Waals surface area contributed by atoms with Crippen molar-refractivity contribution < 1.29 is 9.53 Å². The number of benzene rings is 1. The Morgan fingerprint density at radius 3 is 2.58 bits per heavy atom. The number of hydrogen-bond donors (Lipinski definition) is 0. The summed E-state index contributed by atoms with van der Waals surface area (Å²) in [5.74, 6) is -0.156. The summed E-state index contributed by atoms with van der Waals surface area (Å²) in [7, 11) is 1.44. The minimum absolute atomic E-state index is 0.156. The van der Waals surface area contributed by atoms with E-state index in [2.05, 4.69) is 47.9 Å². The maximum absolute atomic E-state index is 11.3. The van der Waals surface area contributed by atoms with Crippen LogP contribution in [-0.2, 0) is 9.53 Å². The number of hydrogen-bond acceptors (Lipinski definition) is 4. The molecule has 1 aromatic carbocycles. The number of rotatable bonds is 3. The van der Waals surface area contributed by atoms with Gasteiger partial charge in [0.2, 0.25) is 0 Å². The highest BCUT2D eigenvalue weighted by molar-refractivity contribution is 5.71. The van der Waals surface area contributed by atoms with Crippen molar-refractivity contribution in [2.24, 2.45) is 0 Å². The fourth-order valence-electron chi connectivity index (χ4n) is 2.54. The SMILES string of the molecule is COC(=O)CN1CCN(c2ccc(C)cc2)C(C)C1. The Hall–Kier alpha value is -1.55. The summed E-state index contributed by atoms with van der Waals surface area (Å²) >= 11 is 0. The molecular formula is C15H22N2O2. The summed E-state index contributed by atoms with van der Waals surface area (Å²) in [5.41, 5.74) is 2.54. The Bertz CT molecular complexity index is 430. The number of nitrogens with zero attached hydrogens (tertiary/aromatic N) is 2. The van der Waals surface area contributed by atoms with E-state index in [1.165, 1.54) is 18.4 Å². The number of carbonyl (C=O) groups is 1. The third-order valence-electron chi connectivity index (χ3n) is 3.66. The molecule has 2 rings (SSSR count). The Labute approximate surface area is 115 Å². The van der Waals surface area contributed by atoms with E-state index >= 15 is 0 Å². The van der Waals surface area contributed by atoms with Gasteiger partial charge in [-0.3, -0.25) is 9.69 Å². The van der Waals surface area contributed by atoms with Crippen molar-refractivity contribution in [3.63, 3.8) is 0 Å². The molecule has 0 amide bonds. The molecule has 0 saturated carbocycles. The van der Waals surface area contributed by atoms with Crippen LogP contribution in [0.4, 0.5) is 5.69 Å². The zero-order chi connectivity index (χ0) is 13.8. The highest BCUT2D eigenvalue weighted by Gasteiger charge is 2.25. The van der Waals surface area contributed by atoms with Gasteiger partial charge in [0.05, 0.1) is 13.7 Å². The first-order valence-corrected chi connectivity index (χ1v) is 6.72. The molecule has 1 heterocycles. The molecule has 1 aromatic rings. The van der Waals surface area contributed by atoms with E-state index in [1.807, 2.05) is 0 Å². The Balaban J connectivity index is 1.97. The minimum atomic E-state index is -0.156. The normalized spacial score (nSPS) is 20.4. The van der Waals surface area contributed by atoms with Gasteiger partial charge in [-0.2, -0.15) is 0 Å². The predicted octanol–water partition coefficient (Wildman–Crippen LogP) is 1.68. The van der Waals surface area contributed by atoms with Crippen molar-refractivity contribution in [2.45, 2.75) is 19.9 Å². The average Bonchev–Trinajstić information content (AvgIpc) is 2.40. The Kier molecular flexibility index (Phi) is 4.43. The highest BCUT2D eigenvalue weighted by Crippen LogP contribution is 2.20. The van der Waals surface area contributed by atoms with Crippen LogP contribution < -0.4 is 4.90 Å². The van der Waals surface area contributed by atoms with Crippen LogP contribution in [0.2, 0.25) is 0 Å². The minimum Gasteiger partial charge on any atom is -0.468 e. The van der Waals surface area contributed by atoms with Crippen LogP contribution in [-0.4, -0.2) is 50.2 Å². The smallest absolute Gasteiger partial charge is 0.319 e. The van der Waals surface area contributed by atoms with Gasteiger partial charge in [-0.25, -0.2) is 0 Å². The fourth-order valence-corrected chi connectivity index (χ4v) is 2.54. The van der Waals surface area contributed by atoms with Gasteiger partial charge in [-0.1, -0.05) is 17.7 Å². The molecule has 1 aliphatic heterocycles. The molecule has 1 unspecified atom stereocenters. The van der Waals surface area contributed by atoms with Crippen molar-refractivity contribution in [1.82, 2.24) is 4.90 Å². The van der Waals surface area contributed by atoms with Gasteiger partial charge >= 0.3 is 5.97 Å². The molecular weight excluding hydrogens is 240 g/mol. The molecule has 0 radical (unpaired) electrons. The molecule has 4 heteroatoms. The van der Waals surface area contributed by atoms with E-state index in [1.54, 1.807) is 0 Å². The topological polar surface area (TPSA) is 32.8 Å². The lowest BCUT2D eigenvalue weighted by Gasteiger charge is -2.40. The lowest BCUT2D eigenvalue weighted by Crippen LogP contribution is -2.53. The van der Waals surface area contributed by atoms with Crippen molar-refractivity contribution in [3.8, 4) is 0 Å². The number of carbonyl (C=O) groups excluding carboxylic acids is 1.